The van der Waals surface area contributed by atoms with Gasteiger partial charge in [-0.1, -0.05) is 12.6 Å². The number of nitrogens with zero attached hydrogens (tertiary/aromatic N) is 6. The van der Waals surface area contributed by atoms with Crippen molar-refractivity contribution in [3.05, 3.63) is 66.8 Å². The largest absolute Gasteiger partial charge is 0.494 e. The summed E-state index contributed by atoms with van der Waals surface area (Å²) in [6, 6.07) is 10.5. The van der Waals surface area contributed by atoms with E-state index in [0.717, 1.165) is 55.6 Å². The first-order chi connectivity index (χ1) is 20.0. The normalized spacial score (nSPS) is 19.2. The monoisotopic (exact) mass is 556 g/mol. The number of carbonyl (C=O) groups is 1. The number of benzene rings is 1. The molecular weight excluding hydrogens is 520 g/mol. The van der Waals surface area contributed by atoms with Crippen LogP contribution in [0.3, 0.4) is 0 Å². The van der Waals surface area contributed by atoms with Crippen LogP contribution in [0.2, 0.25) is 0 Å². The van der Waals surface area contributed by atoms with Crippen LogP contribution < -0.4 is 25.3 Å². The van der Waals surface area contributed by atoms with Crippen molar-refractivity contribution in [2.45, 2.75) is 38.3 Å². The predicted octanol–water partition coefficient (Wildman–Crippen LogP) is 4.22. The maximum atomic E-state index is 12.4. The highest BCUT2D eigenvalue weighted by molar-refractivity contribution is 6.02. The first kappa shape index (κ1) is 27.0. The van der Waals surface area contributed by atoms with Gasteiger partial charge in [-0.2, -0.15) is 0 Å². The Hall–Kier alpha value is -4.22. The standard InChI is InChI=1S/C30H36N8O3/c1-4-30(39)35-23-15-24(27(40-3)16-26(23)37-12-10-36(11-13-37)22-7-8-22)34-28-17-29(33-19-32-28)38-25(9-14-41-38)21-6-5-20(2)31-18-21/h4-6,15-19,22,25H,1,7-14H2,2-3H3,(H,35,39)(H,32,33,34). The molecule has 2 aliphatic heterocycles. The lowest BCUT2D eigenvalue weighted by molar-refractivity contribution is -0.111. The molecule has 2 N–H and O–H groups in total. The Morgan fingerprint density at radius 1 is 1.07 bits per heavy atom. The summed E-state index contributed by atoms with van der Waals surface area (Å²) in [5.41, 5.74) is 4.30. The van der Waals surface area contributed by atoms with Crippen LogP contribution in [0.15, 0.2) is 55.5 Å². The lowest BCUT2D eigenvalue weighted by Gasteiger charge is -2.37. The van der Waals surface area contributed by atoms with Gasteiger partial charge in [0.2, 0.25) is 5.91 Å². The van der Waals surface area contributed by atoms with Crippen molar-refractivity contribution in [3.8, 4) is 5.75 Å². The molecule has 11 heteroatoms. The van der Waals surface area contributed by atoms with Crippen LogP contribution in [0, 0.1) is 6.92 Å². The Balaban J connectivity index is 1.26. The summed E-state index contributed by atoms with van der Waals surface area (Å²) in [6.07, 6.45) is 8.09. The summed E-state index contributed by atoms with van der Waals surface area (Å²) < 4.78 is 5.80. The van der Waals surface area contributed by atoms with E-state index in [4.69, 9.17) is 9.57 Å². The number of piperazine rings is 1. The Kier molecular flexibility index (Phi) is 7.71. The molecule has 3 fully saturated rings. The molecule has 2 aromatic heterocycles. The van der Waals surface area contributed by atoms with Crippen molar-refractivity contribution in [1.82, 2.24) is 19.9 Å². The van der Waals surface area contributed by atoms with Gasteiger partial charge < -0.3 is 20.3 Å². The quantitative estimate of drug-likeness (QED) is 0.372. The van der Waals surface area contributed by atoms with Crippen LogP contribution >= 0.6 is 0 Å². The Morgan fingerprint density at radius 2 is 1.90 bits per heavy atom. The van der Waals surface area contributed by atoms with Crippen LogP contribution in [-0.4, -0.2) is 71.7 Å². The van der Waals surface area contributed by atoms with Gasteiger partial charge >= 0.3 is 0 Å². The molecule has 11 nitrogen and oxygen atoms in total. The zero-order valence-corrected chi connectivity index (χ0v) is 23.5. The number of ether oxygens (including phenoxy) is 1. The van der Waals surface area contributed by atoms with E-state index in [1.54, 1.807) is 7.11 Å². The van der Waals surface area contributed by atoms with Crippen LogP contribution in [0.25, 0.3) is 0 Å². The van der Waals surface area contributed by atoms with Gasteiger partial charge in [-0.15, -0.1) is 0 Å². The molecule has 214 valence electrons. The second kappa shape index (κ2) is 11.7. The third-order valence-corrected chi connectivity index (χ3v) is 7.84. The molecule has 3 aromatic rings. The first-order valence-electron chi connectivity index (χ1n) is 14.1. The number of hydrogen-bond acceptors (Lipinski definition) is 10. The molecule has 0 radical (unpaired) electrons. The van der Waals surface area contributed by atoms with E-state index < -0.39 is 0 Å². The van der Waals surface area contributed by atoms with E-state index in [-0.39, 0.29) is 11.9 Å². The zero-order chi connectivity index (χ0) is 28.3. The van der Waals surface area contributed by atoms with Crippen molar-refractivity contribution in [2.24, 2.45) is 0 Å². The maximum absolute atomic E-state index is 12.4. The number of anilines is 5. The highest BCUT2D eigenvalue weighted by atomic mass is 16.7. The SMILES string of the molecule is C=CC(=O)Nc1cc(Nc2cc(N3OCCC3c3ccc(C)nc3)ncn2)c(OC)cc1N1CCN(C2CC2)CC1. The second-order valence-corrected chi connectivity index (χ2v) is 10.6. The number of nitrogens with one attached hydrogen (secondary N) is 2. The number of carbonyl (C=O) groups excluding carboxylic acids is 1. The fourth-order valence-corrected chi connectivity index (χ4v) is 5.50. The summed E-state index contributed by atoms with van der Waals surface area (Å²) in [5.74, 6) is 1.57. The molecule has 1 saturated carbocycles. The average Bonchev–Trinajstić information content (AvgIpc) is 3.74. The molecule has 2 saturated heterocycles. The smallest absolute Gasteiger partial charge is 0.247 e. The molecule has 1 unspecified atom stereocenters. The summed E-state index contributed by atoms with van der Waals surface area (Å²) >= 11 is 0. The number of methoxy groups -OCH3 is 1. The minimum absolute atomic E-state index is 0.000712. The van der Waals surface area contributed by atoms with Crippen molar-refractivity contribution < 1.29 is 14.4 Å². The lowest BCUT2D eigenvalue weighted by Crippen LogP contribution is -2.47. The van der Waals surface area contributed by atoms with Gasteiger partial charge in [-0.05, 0) is 43.5 Å². The molecule has 1 aromatic carbocycles. The predicted molar refractivity (Wildman–Crippen MR) is 159 cm³/mol. The zero-order valence-electron chi connectivity index (χ0n) is 23.5. The minimum Gasteiger partial charge on any atom is -0.494 e. The number of aryl methyl sites for hydroxylation is 1. The molecule has 1 atom stereocenters. The first-order valence-corrected chi connectivity index (χ1v) is 14.1. The third-order valence-electron chi connectivity index (χ3n) is 7.84. The van der Waals surface area contributed by atoms with Gasteiger partial charge in [-0.3, -0.25) is 19.5 Å². The summed E-state index contributed by atoms with van der Waals surface area (Å²) in [4.78, 5) is 36.6. The molecule has 1 aliphatic carbocycles. The number of hydroxylamine groups is 1. The summed E-state index contributed by atoms with van der Waals surface area (Å²) in [5, 5.41) is 8.17. The number of pyridine rings is 1. The van der Waals surface area contributed by atoms with Gasteiger partial charge in [0.1, 0.15) is 17.9 Å². The number of amides is 1. The Labute approximate surface area is 240 Å². The fraction of sp³-hybridized carbons (Fsp3) is 0.400. The molecule has 0 spiro atoms. The number of aromatic nitrogens is 3. The summed E-state index contributed by atoms with van der Waals surface area (Å²) in [7, 11) is 1.64. The summed E-state index contributed by atoms with van der Waals surface area (Å²) in [6.45, 7) is 9.96. The molecule has 41 heavy (non-hydrogen) atoms. The number of rotatable bonds is 9. The van der Waals surface area contributed by atoms with E-state index in [0.29, 0.717) is 35.4 Å². The Bertz CT molecular complexity index is 1400. The molecule has 4 heterocycles. The fourth-order valence-electron chi connectivity index (χ4n) is 5.50. The molecule has 6 rings (SSSR count). The molecule has 3 aliphatic rings. The van der Waals surface area contributed by atoms with E-state index in [9.17, 15) is 4.79 Å². The molecular formula is C30H36N8O3. The van der Waals surface area contributed by atoms with Crippen molar-refractivity contribution in [1.29, 1.82) is 0 Å². The Morgan fingerprint density at radius 3 is 2.61 bits per heavy atom. The highest BCUT2D eigenvalue weighted by Gasteiger charge is 2.32. The van der Waals surface area contributed by atoms with E-state index in [1.807, 2.05) is 42.4 Å². The maximum Gasteiger partial charge on any atom is 0.247 e. The van der Waals surface area contributed by atoms with Crippen LogP contribution in [0.5, 0.6) is 5.75 Å². The van der Waals surface area contributed by atoms with Crippen LogP contribution in [0.1, 0.15) is 36.6 Å². The minimum atomic E-state index is -0.272. The van der Waals surface area contributed by atoms with Crippen LogP contribution in [-0.2, 0) is 9.63 Å². The van der Waals surface area contributed by atoms with E-state index in [2.05, 4.69) is 48.0 Å². The van der Waals surface area contributed by atoms with Crippen molar-refractivity contribution in [2.75, 3.05) is 60.5 Å². The van der Waals surface area contributed by atoms with Crippen molar-refractivity contribution in [3.63, 3.8) is 0 Å². The van der Waals surface area contributed by atoms with Gasteiger partial charge in [0.25, 0.3) is 0 Å². The number of hydrogen-bond donors (Lipinski definition) is 2. The molecule has 1 amide bonds. The third kappa shape index (κ3) is 5.96. The lowest BCUT2D eigenvalue weighted by atomic mass is 10.1. The van der Waals surface area contributed by atoms with Gasteiger partial charge in [-0.25, -0.2) is 15.0 Å². The van der Waals surface area contributed by atoms with Crippen LogP contribution in [0.4, 0.5) is 28.7 Å². The topological polar surface area (TPSA) is 108 Å². The van der Waals surface area contributed by atoms with Gasteiger partial charge in [0, 0.05) is 62.7 Å². The molecule has 0 bridgehead atoms. The van der Waals surface area contributed by atoms with E-state index >= 15 is 0 Å². The van der Waals surface area contributed by atoms with Gasteiger partial charge in [0.05, 0.1) is 36.8 Å². The highest BCUT2D eigenvalue weighted by Crippen LogP contribution is 2.40. The van der Waals surface area contributed by atoms with Crippen molar-refractivity contribution >= 4 is 34.6 Å². The van der Waals surface area contributed by atoms with E-state index in [1.165, 1.54) is 25.2 Å². The second-order valence-electron chi connectivity index (χ2n) is 10.6. The van der Waals surface area contributed by atoms with Gasteiger partial charge in [0.15, 0.2) is 5.82 Å². The average molecular weight is 557 g/mol.